The molecule has 1 atom stereocenters. The van der Waals surface area contributed by atoms with Gasteiger partial charge in [-0.15, -0.1) is 0 Å². The van der Waals surface area contributed by atoms with Gasteiger partial charge in [-0.1, -0.05) is 12.1 Å². The molecular weight excluding hydrogens is 378 g/mol. The first-order chi connectivity index (χ1) is 13.8. The van der Waals surface area contributed by atoms with Gasteiger partial charge >= 0.3 is 11.9 Å². The van der Waals surface area contributed by atoms with Crippen LogP contribution in [0.2, 0.25) is 0 Å². The van der Waals surface area contributed by atoms with Crippen molar-refractivity contribution in [1.82, 2.24) is 10.6 Å². The summed E-state index contributed by atoms with van der Waals surface area (Å²) >= 11 is 0. The van der Waals surface area contributed by atoms with Crippen LogP contribution in [0.25, 0.3) is 0 Å². The molecule has 0 aliphatic carbocycles. The van der Waals surface area contributed by atoms with Gasteiger partial charge in [0.25, 0.3) is 5.69 Å². The highest BCUT2D eigenvalue weighted by Crippen LogP contribution is 2.40. The van der Waals surface area contributed by atoms with E-state index >= 15 is 0 Å². The summed E-state index contributed by atoms with van der Waals surface area (Å²) in [4.78, 5) is 36.3. The van der Waals surface area contributed by atoms with Crippen LogP contribution in [-0.2, 0) is 19.1 Å². The van der Waals surface area contributed by atoms with Gasteiger partial charge in [-0.25, -0.2) is 9.59 Å². The van der Waals surface area contributed by atoms with Gasteiger partial charge in [0.15, 0.2) is 0 Å². The molecule has 2 rings (SSSR count). The molecule has 0 saturated heterocycles. The van der Waals surface area contributed by atoms with Gasteiger partial charge in [-0.2, -0.15) is 0 Å². The summed E-state index contributed by atoms with van der Waals surface area (Å²) in [7, 11) is 1.73. The summed E-state index contributed by atoms with van der Waals surface area (Å²) in [5.41, 5.74) is 1.77. The maximum Gasteiger partial charge on any atom is 0.336 e. The van der Waals surface area contributed by atoms with Crippen LogP contribution in [0.3, 0.4) is 0 Å². The number of likely N-dealkylation sites (N-methyl/N-ethyl adjacent to an activating group) is 1. The van der Waals surface area contributed by atoms with E-state index in [0.717, 1.165) is 0 Å². The lowest BCUT2D eigenvalue weighted by atomic mass is 9.80. The van der Waals surface area contributed by atoms with Crippen molar-refractivity contribution in [3.8, 4) is 0 Å². The van der Waals surface area contributed by atoms with Crippen LogP contribution in [0, 0.1) is 10.1 Å². The number of hydrogen-bond acceptors (Lipinski definition) is 8. The summed E-state index contributed by atoms with van der Waals surface area (Å²) in [6.45, 7) is 5.84. The van der Waals surface area contributed by atoms with E-state index < -0.39 is 22.8 Å². The fourth-order valence-corrected chi connectivity index (χ4v) is 3.22. The van der Waals surface area contributed by atoms with Crippen molar-refractivity contribution < 1.29 is 24.0 Å². The van der Waals surface area contributed by atoms with Crippen molar-refractivity contribution in [2.45, 2.75) is 26.7 Å². The van der Waals surface area contributed by atoms with E-state index in [1.807, 2.05) is 0 Å². The quantitative estimate of drug-likeness (QED) is 0.293. The zero-order chi connectivity index (χ0) is 21.6. The van der Waals surface area contributed by atoms with Crippen molar-refractivity contribution >= 4 is 17.6 Å². The van der Waals surface area contributed by atoms with Crippen molar-refractivity contribution in [3.63, 3.8) is 0 Å². The molecule has 9 heteroatoms. The van der Waals surface area contributed by atoms with Crippen molar-refractivity contribution in [1.29, 1.82) is 0 Å². The molecule has 1 aliphatic rings. The Morgan fingerprint density at radius 3 is 2.34 bits per heavy atom. The summed E-state index contributed by atoms with van der Waals surface area (Å²) in [5.74, 6) is -2.05. The Labute approximate surface area is 168 Å². The molecule has 2 N–H and O–H groups in total. The van der Waals surface area contributed by atoms with E-state index in [1.165, 1.54) is 18.2 Å². The lowest BCUT2D eigenvalue weighted by Gasteiger charge is -2.30. The number of ether oxygens (including phenoxy) is 2. The van der Waals surface area contributed by atoms with Crippen LogP contribution in [-0.4, -0.2) is 43.7 Å². The number of nitro benzene ring substituents is 1. The van der Waals surface area contributed by atoms with E-state index in [-0.39, 0.29) is 30.0 Å². The zero-order valence-electron chi connectivity index (χ0n) is 16.9. The van der Waals surface area contributed by atoms with Crippen LogP contribution in [0.1, 0.15) is 32.3 Å². The Hall–Kier alpha value is -3.20. The number of nitro groups is 1. The van der Waals surface area contributed by atoms with Crippen molar-refractivity contribution in [2.24, 2.45) is 0 Å². The molecule has 0 aromatic heterocycles. The van der Waals surface area contributed by atoms with Crippen LogP contribution < -0.4 is 10.6 Å². The average molecular weight is 403 g/mol. The van der Waals surface area contributed by atoms with E-state index in [4.69, 9.17) is 9.47 Å². The molecule has 1 unspecified atom stereocenters. The van der Waals surface area contributed by atoms with Gasteiger partial charge in [0, 0.05) is 30.1 Å². The van der Waals surface area contributed by atoms with Gasteiger partial charge in [0.2, 0.25) is 0 Å². The van der Waals surface area contributed by atoms with Crippen molar-refractivity contribution in [2.75, 3.05) is 26.8 Å². The van der Waals surface area contributed by atoms with Crippen LogP contribution in [0.4, 0.5) is 5.69 Å². The predicted molar refractivity (Wildman–Crippen MR) is 106 cm³/mol. The fourth-order valence-electron chi connectivity index (χ4n) is 3.22. The smallest absolute Gasteiger partial charge is 0.336 e. The summed E-state index contributed by atoms with van der Waals surface area (Å²) in [6.07, 6.45) is 0. The number of non-ortho nitro benzene ring substituents is 1. The Morgan fingerprint density at radius 2 is 1.79 bits per heavy atom. The Balaban J connectivity index is 2.59. The summed E-state index contributed by atoms with van der Waals surface area (Å²) in [5, 5.41) is 17.2. The number of hydrogen-bond donors (Lipinski definition) is 2. The maximum atomic E-state index is 12.9. The topological polar surface area (TPSA) is 120 Å². The molecule has 1 aromatic carbocycles. The number of carbonyl (C=O) groups is 2. The lowest BCUT2D eigenvalue weighted by molar-refractivity contribution is -0.384. The standard InChI is InChI=1S/C20H25N3O6/c1-5-28-19(24)16-12(2)22-13(3)17(20(25)29-10-9-21-4)18(16)14-7-6-8-15(11-14)23(26)27/h6-8,11,18,21-22H,5,9-10H2,1-4H3. The SMILES string of the molecule is CCOC(=O)C1=C(C)NC(C)=C(C(=O)OCCNC)C1c1cccc([N+](=O)[O-])c1. The summed E-state index contributed by atoms with van der Waals surface area (Å²) < 4.78 is 10.5. The second-order valence-corrected chi connectivity index (χ2v) is 6.45. The largest absolute Gasteiger partial charge is 0.463 e. The van der Waals surface area contributed by atoms with Gasteiger partial charge < -0.3 is 20.1 Å². The lowest BCUT2D eigenvalue weighted by Crippen LogP contribution is -2.33. The molecule has 156 valence electrons. The molecule has 0 fully saturated rings. The first kappa shape index (κ1) is 22.1. The minimum Gasteiger partial charge on any atom is -0.463 e. The number of benzene rings is 1. The molecule has 0 radical (unpaired) electrons. The van der Waals surface area contributed by atoms with Crippen molar-refractivity contribution in [3.05, 3.63) is 62.5 Å². The van der Waals surface area contributed by atoms with E-state index in [9.17, 15) is 19.7 Å². The third-order valence-corrected chi connectivity index (χ3v) is 4.48. The van der Waals surface area contributed by atoms with E-state index in [1.54, 1.807) is 33.9 Å². The molecule has 0 amide bonds. The second kappa shape index (κ2) is 9.83. The molecule has 1 aliphatic heterocycles. The number of nitrogens with one attached hydrogen (secondary N) is 2. The van der Waals surface area contributed by atoms with Gasteiger partial charge in [-0.3, -0.25) is 10.1 Å². The number of dihydropyridines is 1. The zero-order valence-corrected chi connectivity index (χ0v) is 16.9. The van der Waals surface area contributed by atoms with Gasteiger partial charge in [-0.05, 0) is 33.4 Å². The normalized spacial score (nSPS) is 16.3. The third kappa shape index (κ3) is 5.00. The molecule has 1 heterocycles. The minimum absolute atomic E-state index is 0.137. The molecule has 0 saturated carbocycles. The highest BCUT2D eigenvalue weighted by molar-refractivity contribution is 5.99. The number of nitrogens with zero attached hydrogens (tertiary/aromatic N) is 1. The number of allylic oxidation sites excluding steroid dienone is 2. The number of rotatable bonds is 8. The van der Waals surface area contributed by atoms with Gasteiger partial charge in [0.05, 0.1) is 28.6 Å². The predicted octanol–water partition coefficient (Wildman–Crippen LogP) is 2.16. The molecule has 1 aromatic rings. The number of carbonyl (C=O) groups excluding carboxylic acids is 2. The first-order valence-electron chi connectivity index (χ1n) is 9.23. The molecular formula is C20H25N3O6. The molecule has 29 heavy (non-hydrogen) atoms. The first-order valence-corrected chi connectivity index (χ1v) is 9.23. The highest BCUT2D eigenvalue weighted by Gasteiger charge is 2.38. The van der Waals surface area contributed by atoms with Gasteiger partial charge in [0.1, 0.15) is 6.61 Å². The maximum absolute atomic E-state index is 12.9. The fraction of sp³-hybridized carbons (Fsp3) is 0.400. The third-order valence-electron chi connectivity index (χ3n) is 4.48. The minimum atomic E-state index is -0.850. The van der Waals surface area contributed by atoms with E-state index in [0.29, 0.717) is 23.5 Å². The number of esters is 2. The second-order valence-electron chi connectivity index (χ2n) is 6.45. The Morgan fingerprint density at radius 1 is 1.17 bits per heavy atom. The average Bonchev–Trinajstić information content (AvgIpc) is 2.67. The molecule has 0 bridgehead atoms. The Bertz CT molecular complexity index is 875. The Kier molecular flexibility index (Phi) is 7.49. The van der Waals surface area contributed by atoms with E-state index in [2.05, 4.69) is 10.6 Å². The van der Waals surface area contributed by atoms with Crippen LogP contribution >= 0.6 is 0 Å². The molecule has 9 nitrogen and oxygen atoms in total. The van der Waals surface area contributed by atoms with Crippen LogP contribution in [0.5, 0.6) is 0 Å². The summed E-state index contributed by atoms with van der Waals surface area (Å²) in [6, 6.07) is 5.87. The van der Waals surface area contributed by atoms with Crippen LogP contribution in [0.15, 0.2) is 46.8 Å². The monoisotopic (exact) mass is 403 g/mol. The highest BCUT2D eigenvalue weighted by atomic mass is 16.6. The molecule has 0 spiro atoms.